The van der Waals surface area contributed by atoms with E-state index < -0.39 is 24.4 Å². The van der Waals surface area contributed by atoms with Crippen molar-refractivity contribution in [2.75, 3.05) is 13.2 Å². The van der Waals surface area contributed by atoms with Gasteiger partial charge in [-0.25, -0.2) is 4.79 Å². The molecule has 29 heavy (non-hydrogen) atoms. The van der Waals surface area contributed by atoms with Crippen molar-refractivity contribution < 1.29 is 23.9 Å². The Bertz CT molecular complexity index is 986. The Morgan fingerprint density at radius 3 is 2.07 bits per heavy atom. The monoisotopic (exact) mass is 389 g/mol. The maximum Gasteiger partial charge on any atom is 0.344 e. The lowest BCUT2D eigenvalue weighted by Crippen LogP contribution is -2.34. The first kappa shape index (κ1) is 19.8. The molecule has 0 unspecified atom stereocenters. The van der Waals surface area contributed by atoms with E-state index in [1.54, 1.807) is 42.5 Å². The van der Waals surface area contributed by atoms with E-state index in [0.29, 0.717) is 11.3 Å². The van der Waals surface area contributed by atoms with Crippen LogP contribution in [-0.4, -0.2) is 31.0 Å². The molecule has 0 saturated carbocycles. The molecular formula is C23H19NO5. The highest BCUT2D eigenvalue weighted by Gasteiger charge is 2.13. The van der Waals surface area contributed by atoms with E-state index in [1.807, 2.05) is 42.5 Å². The van der Waals surface area contributed by atoms with Gasteiger partial charge in [0.25, 0.3) is 11.8 Å². The zero-order valence-corrected chi connectivity index (χ0v) is 15.5. The number of rotatable bonds is 7. The molecular weight excluding hydrogens is 370 g/mol. The van der Waals surface area contributed by atoms with Gasteiger partial charge in [0.15, 0.2) is 13.2 Å². The average Bonchev–Trinajstić information content (AvgIpc) is 2.77. The smallest absolute Gasteiger partial charge is 0.344 e. The van der Waals surface area contributed by atoms with Gasteiger partial charge in [0.2, 0.25) is 0 Å². The number of nitrogens with one attached hydrogen (secondary N) is 1. The topological polar surface area (TPSA) is 81.7 Å². The maximum atomic E-state index is 11.9. The van der Waals surface area contributed by atoms with Crippen LogP contribution in [0.3, 0.4) is 0 Å². The highest BCUT2D eigenvalue weighted by atomic mass is 16.6. The third kappa shape index (κ3) is 5.77. The van der Waals surface area contributed by atoms with E-state index in [4.69, 9.17) is 9.47 Å². The van der Waals surface area contributed by atoms with Crippen LogP contribution in [-0.2, 0) is 14.3 Å². The molecule has 3 rings (SSSR count). The average molecular weight is 389 g/mol. The van der Waals surface area contributed by atoms with E-state index in [0.717, 1.165) is 11.1 Å². The van der Waals surface area contributed by atoms with Crippen LogP contribution >= 0.6 is 0 Å². The van der Waals surface area contributed by atoms with Gasteiger partial charge < -0.3 is 9.47 Å². The fourth-order valence-corrected chi connectivity index (χ4v) is 2.60. The van der Waals surface area contributed by atoms with Gasteiger partial charge in [-0.2, -0.15) is 0 Å². The van der Waals surface area contributed by atoms with Gasteiger partial charge in [0.1, 0.15) is 5.75 Å². The van der Waals surface area contributed by atoms with Crippen molar-refractivity contribution in [2.45, 2.75) is 0 Å². The minimum Gasteiger partial charge on any atom is -0.481 e. The fraction of sp³-hybridized carbons (Fsp3) is 0.0870. The molecule has 0 bridgehead atoms. The number of esters is 1. The Labute approximate surface area is 168 Å². The highest BCUT2D eigenvalue weighted by Crippen LogP contribution is 2.29. The summed E-state index contributed by atoms with van der Waals surface area (Å²) in [5, 5.41) is 2.16. The fourth-order valence-electron chi connectivity index (χ4n) is 2.60. The minimum atomic E-state index is -0.713. The third-order valence-electron chi connectivity index (χ3n) is 3.97. The summed E-state index contributed by atoms with van der Waals surface area (Å²) >= 11 is 0. The molecule has 0 spiro atoms. The van der Waals surface area contributed by atoms with Crippen molar-refractivity contribution in [2.24, 2.45) is 0 Å². The van der Waals surface area contributed by atoms with E-state index in [1.165, 1.54) is 0 Å². The number of para-hydroxylation sites is 1. The van der Waals surface area contributed by atoms with Crippen LogP contribution in [0.2, 0.25) is 0 Å². The standard InChI is InChI=1S/C23H19NO5/c25-21(24-23(27)18-11-5-2-6-12-18)15-29-22(26)16-28-20-14-8-7-13-19(20)17-9-3-1-4-10-17/h1-14H,15-16H2,(H,24,25,27). The third-order valence-corrected chi connectivity index (χ3v) is 3.97. The Balaban J connectivity index is 1.48. The molecule has 3 aromatic carbocycles. The van der Waals surface area contributed by atoms with Crippen LogP contribution in [0.1, 0.15) is 10.4 Å². The van der Waals surface area contributed by atoms with E-state index >= 15 is 0 Å². The maximum absolute atomic E-state index is 11.9. The largest absolute Gasteiger partial charge is 0.481 e. The Hall–Kier alpha value is -3.93. The summed E-state index contributed by atoms with van der Waals surface area (Å²) in [7, 11) is 0. The van der Waals surface area contributed by atoms with Crippen molar-refractivity contribution in [3.63, 3.8) is 0 Å². The molecule has 0 atom stereocenters. The van der Waals surface area contributed by atoms with Crippen molar-refractivity contribution in [1.29, 1.82) is 0 Å². The lowest BCUT2D eigenvalue weighted by atomic mass is 10.1. The summed E-state index contributed by atoms with van der Waals surface area (Å²) in [5.41, 5.74) is 2.13. The van der Waals surface area contributed by atoms with Gasteiger partial charge in [-0.05, 0) is 23.8 Å². The second-order valence-corrected chi connectivity index (χ2v) is 6.05. The van der Waals surface area contributed by atoms with Gasteiger partial charge in [-0.3, -0.25) is 14.9 Å². The van der Waals surface area contributed by atoms with Gasteiger partial charge in [-0.15, -0.1) is 0 Å². The van der Waals surface area contributed by atoms with Crippen LogP contribution in [0, 0.1) is 0 Å². The van der Waals surface area contributed by atoms with Crippen LogP contribution < -0.4 is 10.1 Å². The summed E-state index contributed by atoms with van der Waals surface area (Å²) in [5.74, 6) is -1.45. The number of ether oxygens (including phenoxy) is 2. The normalized spacial score (nSPS) is 10.1. The molecule has 0 saturated heterocycles. The first-order chi connectivity index (χ1) is 14.1. The molecule has 2 amide bonds. The minimum absolute atomic E-state index is 0.341. The van der Waals surface area contributed by atoms with Gasteiger partial charge in [-0.1, -0.05) is 66.7 Å². The van der Waals surface area contributed by atoms with Crippen LogP contribution in [0.25, 0.3) is 11.1 Å². The van der Waals surface area contributed by atoms with Gasteiger partial charge in [0, 0.05) is 11.1 Å². The van der Waals surface area contributed by atoms with Crippen molar-refractivity contribution in [1.82, 2.24) is 5.32 Å². The molecule has 0 aliphatic carbocycles. The number of hydrogen-bond donors (Lipinski definition) is 1. The second-order valence-electron chi connectivity index (χ2n) is 6.05. The number of carbonyl (C=O) groups excluding carboxylic acids is 3. The van der Waals surface area contributed by atoms with Crippen molar-refractivity contribution in [3.8, 4) is 16.9 Å². The van der Waals surface area contributed by atoms with Crippen molar-refractivity contribution >= 4 is 17.8 Å². The second kappa shape index (κ2) is 9.85. The molecule has 0 fully saturated rings. The molecule has 3 aromatic rings. The number of benzene rings is 3. The SMILES string of the molecule is O=C(COC(=O)COc1ccccc1-c1ccccc1)NC(=O)c1ccccc1. The molecule has 0 heterocycles. The van der Waals surface area contributed by atoms with E-state index in [-0.39, 0.29) is 6.61 Å². The predicted octanol–water partition coefficient (Wildman–Crippen LogP) is 3.23. The van der Waals surface area contributed by atoms with Gasteiger partial charge in [0.05, 0.1) is 0 Å². The summed E-state index contributed by atoms with van der Waals surface area (Å²) in [6.07, 6.45) is 0. The van der Waals surface area contributed by atoms with Crippen LogP contribution in [0.5, 0.6) is 5.75 Å². The summed E-state index contributed by atoms with van der Waals surface area (Å²) in [6.45, 7) is -0.926. The molecule has 0 aliphatic rings. The summed E-state index contributed by atoms with van der Waals surface area (Å²) in [6, 6.07) is 25.2. The lowest BCUT2D eigenvalue weighted by Gasteiger charge is -2.11. The Kier molecular flexibility index (Phi) is 6.73. The zero-order valence-electron chi connectivity index (χ0n) is 15.5. The number of imide groups is 1. The van der Waals surface area contributed by atoms with Gasteiger partial charge >= 0.3 is 5.97 Å². The van der Waals surface area contributed by atoms with Crippen LogP contribution in [0.15, 0.2) is 84.9 Å². The molecule has 0 radical (unpaired) electrons. The first-order valence-electron chi connectivity index (χ1n) is 8.95. The number of hydrogen-bond acceptors (Lipinski definition) is 5. The van der Waals surface area contributed by atoms with E-state index in [2.05, 4.69) is 5.32 Å². The number of carbonyl (C=O) groups is 3. The quantitative estimate of drug-likeness (QED) is 0.628. The molecule has 6 heteroatoms. The van der Waals surface area contributed by atoms with Crippen molar-refractivity contribution in [3.05, 3.63) is 90.5 Å². The molecule has 0 aliphatic heterocycles. The Morgan fingerprint density at radius 2 is 1.34 bits per heavy atom. The molecule has 6 nitrogen and oxygen atoms in total. The number of amides is 2. The molecule has 0 aromatic heterocycles. The summed E-state index contributed by atoms with van der Waals surface area (Å²) < 4.78 is 10.4. The van der Waals surface area contributed by atoms with Crippen LogP contribution in [0.4, 0.5) is 0 Å². The summed E-state index contributed by atoms with van der Waals surface area (Å²) in [4.78, 5) is 35.6. The first-order valence-corrected chi connectivity index (χ1v) is 8.95. The molecule has 1 N–H and O–H groups in total. The Morgan fingerprint density at radius 1 is 0.724 bits per heavy atom. The highest BCUT2D eigenvalue weighted by molar-refractivity contribution is 6.05. The zero-order chi connectivity index (χ0) is 20.5. The molecule has 146 valence electrons. The van der Waals surface area contributed by atoms with E-state index in [9.17, 15) is 14.4 Å². The predicted molar refractivity (Wildman–Crippen MR) is 107 cm³/mol. The lowest BCUT2D eigenvalue weighted by molar-refractivity contribution is -0.150.